The van der Waals surface area contributed by atoms with Crippen LogP contribution in [-0.4, -0.2) is 61.5 Å². The van der Waals surface area contributed by atoms with E-state index in [0.29, 0.717) is 0 Å². The molecular formula is C14H29N5. The molecule has 0 aromatic rings. The Morgan fingerprint density at radius 3 is 2.63 bits per heavy atom. The van der Waals surface area contributed by atoms with E-state index in [1.165, 1.54) is 5.57 Å². The molecule has 2 bridgehead atoms. The zero-order valence-electron chi connectivity index (χ0n) is 12.6. The monoisotopic (exact) mass is 267 g/mol. The van der Waals surface area contributed by atoms with Crippen molar-refractivity contribution in [1.82, 2.24) is 25.8 Å². The zero-order chi connectivity index (χ0) is 13.7. The Morgan fingerprint density at radius 1 is 1.11 bits per heavy atom. The lowest BCUT2D eigenvalue weighted by atomic mass is 9.96. The third kappa shape index (κ3) is 5.10. The number of hydrogen-bond donors (Lipinski definition) is 3. The van der Waals surface area contributed by atoms with Gasteiger partial charge in [-0.3, -0.25) is 9.80 Å². The topological polar surface area (TPSA) is 42.6 Å². The molecule has 0 saturated carbocycles. The van der Waals surface area contributed by atoms with Crippen LogP contribution in [0.4, 0.5) is 0 Å². The highest BCUT2D eigenvalue weighted by molar-refractivity contribution is 5.03. The minimum absolute atomic E-state index is 0.160. The van der Waals surface area contributed by atoms with E-state index >= 15 is 0 Å². The van der Waals surface area contributed by atoms with Crippen LogP contribution in [0.5, 0.6) is 0 Å². The van der Waals surface area contributed by atoms with Gasteiger partial charge in [0.25, 0.3) is 0 Å². The van der Waals surface area contributed by atoms with Crippen molar-refractivity contribution in [1.29, 1.82) is 0 Å². The molecule has 1 fully saturated rings. The Kier molecular flexibility index (Phi) is 5.21. The summed E-state index contributed by atoms with van der Waals surface area (Å²) in [6.07, 6.45) is 3.25. The van der Waals surface area contributed by atoms with Gasteiger partial charge in [-0.15, -0.1) is 0 Å². The molecule has 110 valence electrons. The standard InChI is InChI=1S/C14H29N5/c1-13-8-14(2,3)17-5-4-15-10-18-6-7-19(12-18)11-16-9-13/h9,15-17H,4-8,10-12H2,1-3H3/b13-9+. The molecule has 0 aromatic carbocycles. The summed E-state index contributed by atoms with van der Waals surface area (Å²) in [6, 6.07) is 0. The lowest BCUT2D eigenvalue weighted by Crippen LogP contribution is -2.45. The maximum absolute atomic E-state index is 3.63. The summed E-state index contributed by atoms with van der Waals surface area (Å²) in [6.45, 7) is 14.1. The van der Waals surface area contributed by atoms with E-state index in [1.807, 2.05) is 0 Å². The van der Waals surface area contributed by atoms with Gasteiger partial charge in [0.1, 0.15) is 0 Å². The molecule has 2 rings (SSSR count). The summed E-state index contributed by atoms with van der Waals surface area (Å²) in [5.74, 6) is 0. The molecule has 19 heavy (non-hydrogen) atoms. The van der Waals surface area contributed by atoms with Gasteiger partial charge in [-0.25, -0.2) is 0 Å². The first-order chi connectivity index (χ1) is 9.05. The third-order valence-corrected chi connectivity index (χ3v) is 3.76. The van der Waals surface area contributed by atoms with E-state index in [-0.39, 0.29) is 5.54 Å². The normalized spacial score (nSPS) is 35.8. The molecule has 3 N–H and O–H groups in total. The quantitative estimate of drug-likeness (QED) is 0.590. The second-order valence-corrected chi connectivity index (χ2v) is 6.43. The molecule has 0 aliphatic carbocycles. The molecule has 2 heterocycles. The van der Waals surface area contributed by atoms with Gasteiger partial charge in [-0.05, 0) is 33.4 Å². The van der Waals surface area contributed by atoms with Crippen LogP contribution in [0, 0.1) is 0 Å². The van der Waals surface area contributed by atoms with E-state index in [0.717, 1.165) is 52.6 Å². The van der Waals surface area contributed by atoms with Crippen molar-refractivity contribution < 1.29 is 0 Å². The summed E-state index contributed by atoms with van der Waals surface area (Å²) in [5, 5.41) is 10.6. The maximum atomic E-state index is 3.63. The van der Waals surface area contributed by atoms with Crippen molar-refractivity contribution in [3.8, 4) is 0 Å². The first-order valence-electron chi connectivity index (χ1n) is 7.35. The van der Waals surface area contributed by atoms with Crippen molar-refractivity contribution in [3.05, 3.63) is 11.8 Å². The molecule has 0 aromatic heterocycles. The largest absolute Gasteiger partial charge is 0.378 e. The smallest absolute Gasteiger partial charge is 0.0684 e. The molecule has 0 amide bonds. The predicted octanol–water partition coefficient (Wildman–Crippen LogP) is 0.331. The van der Waals surface area contributed by atoms with Crippen molar-refractivity contribution in [3.63, 3.8) is 0 Å². The van der Waals surface area contributed by atoms with Gasteiger partial charge < -0.3 is 16.0 Å². The van der Waals surface area contributed by atoms with E-state index in [2.05, 4.69) is 52.7 Å². The van der Waals surface area contributed by atoms with Crippen LogP contribution in [0.3, 0.4) is 0 Å². The summed E-state index contributed by atoms with van der Waals surface area (Å²) < 4.78 is 0. The minimum Gasteiger partial charge on any atom is -0.378 e. The first kappa shape index (κ1) is 14.8. The lowest BCUT2D eigenvalue weighted by molar-refractivity contribution is 0.227. The number of rotatable bonds is 0. The van der Waals surface area contributed by atoms with Crippen molar-refractivity contribution >= 4 is 0 Å². The second kappa shape index (κ2) is 6.70. The summed E-state index contributed by atoms with van der Waals surface area (Å²) in [7, 11) is 0. The predicted molar refractivity (Wildman–Crippen MR) is 79.6 cm³/mol. The van der Waals surface area contributed by atoms with E-state index < -0.39 is 0 Å². The second-order valence-electron chi connectivity index (χ2n) is 6.43. The summed E-state index contributed by atoms with van der Waals surface area (Å²) in [5.41, 5.74) is 1.56. The number of fused-ring (bicyclic) bond motifs is 2. The Morgan fingerprint density at radius 2 is 1.84 bits per heavy atom. The highest BCUT2D eigenvalue weighted by atomic mass is 15.4. The van der Waals surface area contributed by atoms with Gasteiger partial charge in [0, 0.05) is 38.4 Å². The minimum atomic E-state index is 0.160. The summed E-state index contributed by atoms with van der Waals surface area (Å²) in [4.78, 5) is 4.90. The molecule has 5 nitrogen and oxygen atoms in total. The molecule has 2 atom stereocenters. The molecule has 2 unspecified atom stereocenters. The zero-order valence-corrected chi connectivity index (χ0v) is 12.6. The van der Waals surface area contributed by atoms with E-state index in [4.69, 9.17) is 0 Å². The molecule has 2 aliphatic rings. The molecular weight excluding hydrogens is 238 g/mol. The van der Waals surface area contributed by atoms with Gasteiger partial charge in [0.2, 0.25) is 0 Å². The molecule has 1 saturated heterocycles. The van der Waals surface area contributed by atoms with Crippen LogP contribution in [0.1, 0.15) is 27.2 Å². The fourth-order valence-electron chi connectivity index (χ4n) is 2.85. The number of nitrogens with zero attached hydrogens (tertiary/aromatic N) is 2. The van der Waals surface area contributed by atoms with Crippen LogP contribution < -0.4 is 16.0 Å². The van der Waals surface area contributed by atoms with Crippen LogP contribution in [-0.2, 0) is 0 Å². The van der Waals surface area contributed by atoms with Gasteiger partial charge in [-0.2, -0.15) is 0 Å². The average molecular weight is 267 g/mol. The van der Waals surface area contributed by atoms with Gasteiger partial charge in [0.15, 0.2) is 0 Å². The highest BCUT2D eigenvalue weighted by Crippen LogP contribution is 2.14. The fourth-order valence-corrected chi connectivity index (χ4v) is 2.85. The van der Waals surface area contributed by atoms with Crippen LogP contribution in [0.15, 0.2) is 11.8 Å². The van der Waals surface area contributed by atoms with Crippen LogP contribution in [0.2, 0.25) is 0 Å². The Balaban J connectivity index is 1.92. The van der Waals surface area contributed by atoms with Crippen LogP contribution >= 0.6 is 0 Å². The first-order valence-corrected chi connectivity index (χ1v) is 7.35. The lowest BCUT2D eigenvalue weighted by Gasteiger charge is -2.28. The summed E-state index contributed by atoms with van der Waals surface area (Å²) >= 11 is 0. The molecule has 2 aliphatic heterocycles. The Labute approximate surface area is 117 Å². The SMILES string of the molecule is C/C1=C\NCN2CCN(CNCCNC(C)(C)C1)C2. The molecule has 5 heteroatoms. The molecule has 0 spiro atoms. The highest BCUT2D eigenvalue weighted by Gasteiger charge is 2.20. The van der Waals surface area contributed by atoms with E-state index in [9.17, 15) is 0 Å². The maximum Gasteiger partial charge on any atom is 0.0684 e. The Hall–Kier alpha value is -0.620. The average Bonchev–Trinajstić information content (AvgIpc) is 2.75. The Bertz CT molecular complexity index is 313. The number of hydrogen-bond acceptors (Lipinski definition) is 5. The van der Waals surface area contributed by atoms with Gasteiger partial charge in [0.05, 0.1) is 13.3 Å². The van der Waals surface area contributed by atoms with Gasteiger partial charge in [-0.1, -0.05) is 5.57 Å². The van der Waals surface area contributed by atoms with Crippen molar-refractivity contribution in [2.24, 2.45) is 0 Å². The van der Waals surface area contributed by atoms with Crippen molar-refractivity contribution in [2.75, 3.05) is 46.2 Å². The fraction of sp³-hybridized carbons (Fsp3) is 0.857. The van der Waals surface area contributed by atoms with Crippen LogP contribution in [0.25, 0.3) is 0 Å². The number of nitrogens with one attached hydrogen (secondary N) is 3. The van der Waals surface area contributed by atoms with Gasteiger partial charge >= 0.3 is 0 Å². The third-order valence-electron chi connectivity index (χ3n) is 3.76. The van der Waals surface area contributed by atoms with Crippen molar-refractivity contribution in [2.45, 2.75) is 32.7 Å². The molecule has 0 radical (unpaired) electrons. The van der Waals surface area contributed by atoms with E-state index in [1.54, 1.807) is 0 Å².